The molecule has 2 fully saturated rings. The zero-order valence-corrected chi connectivity index (χ0v) is 27.2. The molecule has 0 radical (unpaired) electrons. The summed E-state index contributed by atoms with van der Waals surface area (Å²) < 4.78 is 108. The lowest BCUT2D eigenvalue weighted by Crippen LogP contribution is -2.47. The van der Waals surface area contributed by atoms with Gasteiger partial charge in [-0.05, 0) is 93.0 Å². The minimum absolute atomic E-state index is 0.0485. The van der Waals surface area contributed by atoms with E-state index in [0.717, 1.165) is 34.4 Å². The fraction of sp³-hybridized carbons (Fsp3) is 0.579. The highest BCUT2D eigenvalue weighted by Gasteiger charge is 2.41. The quantitative estimate of drug-likeness (QED) is 0.368. The Morgan fingerprint density at radius 3 is 1.66 bits per heavy atom. The third-order valence-electron chi connectivity index (χ3n) is 9.74. The van der Waals surface area contributed by atoms with Gasteiger partial charge in [0.15, 0.2) is 23.0 Å². The monoisotopic (exact) mass is 660 g/mol. The van der Waals surface area contributed by atoms with Crippen molar-refractivity contribution >= 4 is 11.6 Å². The van der Waals surface area contributed by atoms with Crippen molar-refractivity contribution in [1.82, 2.24) is 9.80 Å². The number of allylic oxidation sites excluding steroid dienone is 1. The Balaban J connectivity index is 0.000000224. The van der Waals surface area contributed by atoms with Crippen molar-refractivity contribution in [3.63, 3.8) is 0 Å². The Morgan fingerprint density at radius 1 is 0.809 bits per heavy atom. The van der Waals surface area contributed by atoms with Crippen LogP contribution in [0.25, 0.3) is 0 Å². The number of nitrogens with zero attached hydrogens (tertiary/aromatic N) is 2. The summed E-state index contributed by atoms with van der Waals surface area (Å²) in [6.45, 7) is 11.7. The number of piperidine rings is 2. The summed E-state index contributed by atoms with van der Waals surface area (Å²) in [4.78, 5) is 29.8. The second-order valence-electron chi connectivity index (χ2n) is 13.8. The Kier molecular flexibility index (Phi) is 6.82. The molecule has 0 saturated carbocycles. The molecule has 256 valence electrons. The molecular weight excluding hydrogens is 596 g/mol. The molecule has 4 atom stereocenters. The number of aliphatic hydroxyl groups is 1. The van der Waals surface area contributed by atoms with E-state index in [9.17, 15) is 14.7 Å². The number of methoxy groups -OCH3 is 4. The lowest BCUT2D eigenvalue weighted by Gasteiger charge is -2.44. The number of rotatable bonds is 8. The van der Waals surface area contributed by atoms with Crippen molar-refractivity contribution in [1.29, 1.82) is 0 Å². The van der Waals surface area contributed by atoms with Crippen LogP contribution >= 0.6 is 0 Å². The van der Waals surface area contributed by atoms with Crippen molar-refractivity contribution in [3.8, 4) is 23.0 Å². The SMILES string of the molecule is [2H]C([2H])([2H])Oc1cc2c(cc1OC([2H])([2H])[2H])[C@@H]1CC(=O)[C@@H](CC(=C)C)CN1CC2.[2H]C([2H])([2H])Oc1cc2c(cc1OC([2H])([2H])[2H])[C@@H]1CC(=O)[C@@H](CC(C)(C)O)CN1CC2. The average Bonchev–Trinajstić information content (AvgIpc) is 3.03. The molecule has 0 bridgehead atoms. The summed E-state index contributed by atoms with van der Waals surface area (Å²) in [7, 11) is -11.0. The first-order valence-electron chi connectivity index (χ1n) is 21.9. The van der Waals surface area contributed by atoms with E-state index in [1.54, 1.807) is 13.8 Å². The van der Waals surface area contributed by atoms with Crippen LogP contribution in [-0.4, -0.2) is 86.4 Å². The number of ketones is 2. The normalized spacial score (nSPS) is 28.9. The van der Waals surface area contributed by atoms with Gasteiger partial charge in [0.25, 0.3) is 0 Å². The topological polar surface area (TPSA) is 97.8 Å². The predicted octanol–water partition coefficient (Wildman–Crippen LogP) is 5.51. The fourth-order valence-corrected chi connectivity index (χ4v) is 7.62. The van der Waals surface area contributed by atoms with Crippen molar-refractivity contribution < 1.29 is 50.1 Å². The molecule has 0 aliphatic carbocycles. The van der Waals surface area contributed by atoms with Gasteiger partial charge in [-0.1, -0.05) is 5.57 Å². The molecule has 2 aromatic carbocycles. The number of hydrogen-bond acceptors (Lipinski definition) is 9. The van der Waals surface area contributed by atoms with Gasteiger partial charge in [0.1, 0.15) is 11.6 Å². The zero-order chi connectivity index (χ0) is 44.0. The van der Waals surface area contributed by atoms with Crippen molar-refractivity contribution in [2.45, 2.75) is 77.0 Å². The molecule has 2 aromatic rings. The minimum atomic E-state index is -2.78. The molecule has 0 amide bonds. The van der Waals surface area contributed by atoms with Gasteiger partial charge >= 0.3 is 0 Å². The molecule has 1 N–H and O–H groups in total. The van der Waals surface area contributed by atoms with Gasteiger partial charge in [-0.3, -0.25) is 19.4 Å². The molecule has 4 heterocycles. The molecule has 4 aliphatic heterocycles. The fourth-order valence-electron chi connectivity index (χ4n) is 7.62. The molecular formula is C38H52N2O7. The second-order valence-corrected chi connectivity index (χ2v) is 13.8. The van der Waals surface area contributed by atoms with E-state index in [0.29, 0.717) is 51.7 Å². The Hall–Kier alpha value is -3.40. The maximum Gasteiger partial charge on any atom is 0.161 e. The van der Waals surface area contributed by atoms with E-state index in [-0.39, 0.29) is 64.9 Å². The lowest BCUT2D eigenvalue weighted by atomic mass is 9.79. The summed E-state index contributed by atoms with van der Waals surface area (Å²) >= 11 is 0. The van der Waals surface area contributed by atoms with Crippen molar-refractivity contribution in [3.05, 3.63) is 58.7 Å². The Morgan fingerprint density at radius 2 is 1.23 bits per heavy atom. The largest absolute Gasteiger partial charge is 0.493 e. The highest BCUT2D eigenvalue weighted by atomic mass is 16.5. The lowest BCUT2D eigenvalue weighted by molar-refractivity contribution is -0.131. The van der Waals surface area contributed by atoms with Crippen LogP contribution in [0.1, 0.15) is 97.2 Å². The summed E-state index contributed by atoms with van der Waals surface area (Å²) in [5.41, 5.74) is 3.21. The Labute approximate surface area is 296 Å². The molecule has 4 aliphatic rings. The van der Waals surface area contributed by atoms with Crippen molar-refractivity contribution in [2.24, 2.45) is 11.8 Å². The van der Waals surface area contributed by atoms with E-state index in [2.05, 4.69) is 16.4 Å². The summed E-state index contributed by atoms with van der Waals surface area (Å²) in [5, 5.41) is 10.1. The molecule has 6 rings (SSSR count). The van der Waals surface area contributed by atoms with Crippen LogP contribution in [0.4, 0.5) is 0 Å². The van der Waals surface area contributed by atoms with Crippen LogP contribution in [0.5, 0.6) is 23.0 Å². The van der Waals surface area contributed by atoms with E-state index >= 15 is 0 Å². The molecule has 9 heteroatoms. The molecule has 2 saturated heterocycles. The van der Waals surface area contributed by atoms with E-state index in [1.807, 2.05) is 6.92 Å². The van der Waals surface area contributed by atoms with E-state index < -0.39 is 33.8 Å². The van der Waals surface area contributed by atoms with Crippen LogP contribution in [0.15, 0.2) is 36.4 Å². The first kappa shape index (κ1) is 22.3. The third-order valence-corrected chi connectivity index (χ3v) is 9.74. The second kappa shape index (κ2) is 14.4. The first-order valence-corrected chi connectivity index (χ1v) is 15.9. The van der Waals surface area contributed by atoms with Gasteiger partial charge in [-0.2, -0.15) is 0 Å². The number of fused-ring (bicyclic) bond motifs is 6. The third kappa shape index (κ3) is 7.68. The molecule has 0 unspecified atom stereocenters. The Bertz CT molecular complexity index is 1900. The number of Topliss-reactive ketones (excluding diaryl/α,β-unsaturated/α-hetero) is 2. The molecule has 47 heavy (non-hydrogen) atoms. The van der Waals surface area contributed by atoms with Crippen LogP contribution in [0, 0.1) is 11.8 Å². The molecule has 0 aromatic heterocycles. The van der Waals surface area contributed by atoms with E-state index in [4.69, 9.17) is 35.4 Å². The van der Waals surface area contributed by atoms with Gasteiger partial charge in [-0.15, -0.1) is 6.58 Å². The number of hydrogen-bond donors (Lipinski definition) is 1. The highest BCUT2D eigenvalue weighted by Crippen LogP contribution is 2.44. The van der Waals surface area contributed by atoms with Crippen molar-refractivity contribution in [2.75, 3.05) is 54.3 Å². The average molecular weight is 661 g/mol. The molecule has 9 nitrogen and oxygen atoms in total. The first-order chi connectivity index (χ1) is 26.9. The molecule has 0 spiro atoms. The number of ether oxygens (including phenoxy) is 4. The van der Waals surface area contributed by atoms with Crippen LogP contribution in [0.3, 0.4) is 0 Å². The predicted molar refractivity (Wildman–Crippen MR) is 182 cm³/mol. The summed E-state index contributed by atoms with van der Waals surface area (Å²) in [6, 6.07) is 5.61. The summed E-state index contributed by atoms with van der Waals surface area (Å²) in [6.07, 6.45) is 2.83. The zero-order valence-electron chi connectivity index (χ0n) is 39.2. The van der Waals surface area contributed by atoms with Gasteiger partial charge in [0.05, 0.1) is 50.2 Å². The van der Waals surface area contributed by atoms with Gasteiger partial charge in [-0.25, -0.2) is 0 Å². The standard InChI is InChI=1S/C19H27NO4.C19H25NO3/c1-19(2,22)10-13-11-20-6-5-12-7-17(23-3)18(24-4)8-14(12)15(20)9-16(13)21;1-12(2)7-14-11-20-6-5-13-8-18(22-3)19(23-4)9-15(13)16(20)10-17(14)21/h7-8,13,15,22H,5-6,9-11H2,1-4H3;8-9,14,16H,1,5-7,10-11H2,2-4H3/t13-,15-;14-,16-/m00/s1/i2*3D3,4D3. The minimum Gasteiger partial charge on any atom is -0.493 e. The number of benzene rings is 2. The maximum atomic E-state index is 12.7. The number of carbonyl (C=O) groups excluding carboxylic acids is 2. The number of carbonyl (C=O) groups is 2. The highest BCUT2D eigenvalue weighted by molar-refractivity contribution is 5.84. The van der Waals surface area contributed by atoms with Gasteiger partial charge < -0.3 is 24.1 Å². The maximum absolute atomic E-state index is 12.7. The van der Waals surface area contributed by atoms with Gasteiger partial charge in [0, 0.05) is 62.9 Å². The summed E-state index contributed by atoms with van der Waals surface area (Å²) in [5.74, 6) is -0.761. The van der Waals surface area contributed by atoms with Gasteiger partial charge in [0.2, 0.25) is 0 Å². The van der Waals surface area contributed by atoms with E-state index in [1.165, 1.54) is 24.3 Å². The van der Waals surface area contributed by atoms with Crippen LogP contribution in [-0.2, 0) is 22.4 Å². The van der Waals surface area contributed by atoms with Crippen LogP contribution < -0.4 is 18.9 Å². The van der Waals surface area contributed by atoms with Crippen LogP contribution in [0.2, 0.25) is 0 Å². The smallest absolute Gasteiger partial charge is 0.161 e.